The molecule has 4 nitrogen and oxygen atoms in total. The lowest BCUT2D eigenvalue weighted by Gasteiger charge is -2.39. The number of thiophene rings is 1. The van der Waals surface area contributed by atoms with Crippen molar-refractivity contribution in [1.29, 1.82) is 0 Å². The Morgan fingerprint density at radius 2 is 0.964 bits per heavy atom. The molecule has 268 valence electrons. The van der Waals surface area contributed by atoms with Crippen LogP contribution < -0.4 is 16.0 Å². The average Bonchev–Trinajstić information content (AvgIpc) is 3.83. The number of benzene rings is 8. The Hall–Kier alpha value is -6.34. The summed E-state index contributed by atoms with van der Waals surface area (Å²) in [5.41, 5.74) is 12.1. The molecule has 1 fully saturated rings. The predicted molar refractivity (Wildman–Crippen MR) is 235 cm³/mol. The van der Waals surface area contributed by atoms with Crippen LogP contribution in [0.5, 0.6) is 0 Å². The fourth-order valence-corrected chi connectivity index (χ4v) is 9.84. The van der Waals surface area contributed by atoms with Crippen molar-refractivity contribution in [3.63, 3.8) is 0 Å². The Balaban J connectivity index is 0.957. The first kappa shape index (κ1) is 33.0. The molecule has 56 heavy (non-hydrogen) atoms. The molecule has 3 atom stereocenters. The molecule has 0 bridgehead atoms. The summed E-state index contributed by atoms with van der Waals surface area (Å²) in [6.07, 6.45) is -0.199. The highest BCUT2D eigenvalue weighted by atomic mass is 32.1. The molecule has 11 rings (SSSR count). The van der Waals surface area contributed by atoms with Crippen LogP contribution in [0.4, 0.5) is 0 Å². The van der Waals surface area contributed by atoms with Crippen molar-refractivity contribution in [2.45, 2.75) is 18.5 Å². The Morgan fingerprint density at radius 3 is 1.77 bits per heavy atom. The number of hydrogen-bond donors (Lipinski definition) is 3. The lowest BCUT2D eigenvalue weighted by Crippen LogP contribution is -2.54. The molecule has 0 saturated carbocycles. The summed E-state index contributed by atoms with van der Waals surface area (Å²) in [6.45, 7) is 0. The van der Waals surface area contributed by atoms with E-state index in [1.165, 1.54) is 80.9 Å². The number of fused-ring (bicyclic) bond motifs is 6. The molecule has 1 aliphatic heterocycles. The van der Waals surface area contributed by atoms with E-state index in [2.05, 4.69) is 215 Å². The van der Waals surface area contributed by atoms with Gasteiger partial charge in [-0.15, -0.1) is 11.3 Å². The highest BCUT2D eigenvalue weighted by Crippen LogP contribution is 2.42. The van der Waals surface area contributed by atoms with Crippen molar-refractivity contribution < 1.29 is 0 Å². The molecule has 5 heteroatoms. The van der Waals surface area contributed by atoms with Crippen LogP contribution in [0.2, 0.25) is 0 Å². The van der Waals surface area contributed by atoms with Gasteiger partial charge in [0.15, 0.2) is 0 Å². The summed E-state index contributed by atoms with van der Waals surface area (Å²) in [6, 6.07) is 70.4. The molecule has 0 spiro atoms. The summed E-state index contributed by atoms with van der Waals surface area (Å²) < 4.78 is 5.08. The van der Waals surface area contributed by atoms with E-state index < -0.39 is 0 Å². The Kier molecular flexibility index (Phi) is 8.11. The summed E-state index contributed by atoms with van der Waals surface area (Å²) >= 11 is 1.88. The number of hydrogen-bond acceptors (Lipinski definition) is 4. The van der Waals surface area contributed by atoms with Gasteiger partial charge in [-0.2, -0.15) is 0 Å². The zero-order valence-electron chi connectivity index (χ0n) is 30.6. The third-order valence-corrected chi connectivity index (χ3v) is 12.6. The molecule has 10 aromatic rings. The first-order chi connectivity index (χ1) is 27.7. The van der Waals surface area contributed by atoms with Crippen molar-refractivity contribution in [2.75, 3.05) is 0 Å². The molecule has 2 aromatic heterocycles. The molecule has 0 aliphatic carbocycles. The van der Waals surface area contributed by atoms with E-state index in [4.69, 9.17) is 0 Å². The normalized spacial score (nSPS) is 17.2. The third kappa shape index (κ3) is 5.72. The van der Waals surface area contributed by atoms with Gasteiger partial charge in [-0.3, -0.25) is 16.0 Å². The molecule has 1 saturated heterocycles. The van der Waals surface area contributed by atoms with Gasteiger partial charge in [-0.25, -0.2) is 0 Å². The standard InChI is InChI=1S/C51H38N4S/c1-3-13-33(14-4-1)36-17-11-18-38(31-36)51-53-49(34-15-5-2-6-16-34)52-50(54-51)35-25-28-39(29-26-35)55-45-23-9-7-19-41(45)44-32-37(27-30-46(44)55)40-21-12-22-43-42-20-8-10-24-47(42)56-48(40)43/h1-32,49-54H. The Morgan fingerprint density at radius 1 is 0.375 bits per heavy atom. The minimum absolute atomic E-state index is 0.0440. The van der Waals surface area contributed by atoms with Gasteiger partial charge in [0.25, 0.3) is 0 Å². The van der Waals surface area contributed by atoms with Crippen LogP contribution in [0, 0.1) is 0 Å². The lowest BCUT2D eigenvalue weighted by molar-refractivity contribution is 0.203. The number of nitrogens with one attached hydrogen (secondary N) is 3. The molecule has 8 aromatic carbocycles. The average molecular weight is 739 g/mol. The first-order valence-corrected chi connectivity index (χ1v) is 20.1. The number of nitrogens with zero attached hydrogens (tertiary/aromatic N) is 1. The van der Waals surface area contributed by atoms with E-state index in [1.54, 1.807) is 0 Å². The minimum Gasteiger partial charge on any atom is -0.309 e. The smallest absolute Gasteiger partial charge is 0.0864 e. The molecule has 1 aliphatic rings. The molecule has 3 unspecified atom stereocenters. The summed E-state index contributed by atoms with van der Waals surface area (Å²) in [5.74, 6) is 0. The monoisotopic (exact) mass is 738 g/mol. The first-order valence-electron chi connectivity index (χ1n) is 19.3. The van der Waals surface area contributed by atoms with E-state index in [1.807, 2.05) is 11.3 Å². The molecular weight excluding hydrogens is 701 g/mol. The maximum atomic E-state index is 3.89. The van der Waals surface area contributed by atoms with Crippen LogP contribution in [0.3, 0.4) is 0 Å². The van der Waals surface area contributed by atoms with Crippen LogP contribution in [0.1, 0.15) is 35.2 Å². The van der Waals surface area contributed by atoms with E-state index >= 15 is 0 Å². The maximum Gasteiger partial charge on any atom is 0.0864 e. The maximum absolute atomic E-state index is 3.89. The van der Waals surface area contributed by atoms with Crippen molar-refractivity contribution in [3.05, 3.63) is 211 Å². The second kappa shape index (κ2) is 13.7. The number of rotatable bonds is 6. The third-order valence-electron chi connectivity index (χ3n) is 11.3. The summed E-state index contributed by atoms with van der Waals surface area (Å²) in [7, 11) is 0. The van der Waals surface area contributed by atoms with Crippen LogP contribution in [-0.2, 0) is 0 Å². The molecule has 3 N–H and O–H groups in total. The number of para-hydroxylation sites is 1. The molecule has 3 heterocycles. The van der Waals surface area contributed by atoms with Gasteiger partial charge in [0.2, 0.25) is 0 Å². The van der Waals surface area contributed by atoms with E-state index in [0.717, 1.165) is 5.69 Å². The predicted octanol–water partition coefficient (Wildman–Crippen LogP) is 12.7. The van der Waals surface area contributed by atoms with Crippen molar-refractivity contribution in [1.82, 2.24) is 20.5 Å². The Labute approximate surface area is 329 Å². The van der Waals surface area contributed by atoms with E-state index in [-0.39, 0.29) is 18.5 Å². The highest BCUT2D eigenvalue weighted by Gasteiger charge is 2.30. The topological polar surface area (TPSA) is 41.0 Å². The summed E-state index contributed by atoms with van der Waals surface area (Å²) in [4.78, 5) is 0. The number of aromatic nitrogens is 1. The van der Waals surface area contributed by atoms with Crippen molar-refractivity contribution in [3.8, 4) is 27.9 Å². The quantitative estimate of drug-likeness (QED) is 0.159. The van der Waals surface area contributed by atoms with Crippen LogP contribution in [-0.4, -0.2) is 4.57 Å². The molecular formula is C51H38N4S. The van der Waals surface area contributed by atoms with Crippen molar-refractivity contribution >= 4 is 53.3 Å². The van der Waals surface area contributed by atoms with Gasteiger partial charge in [0.1, 0.15) is 0 Å². The van der Waals surface area contributed by atoms with Crippen molar-refractivity contribution in [2.24, 2.45) is 0 Å². The van der Waals surface area contributed by atoms with Gasteiger partial charge in [0.05, 0.1) is 29.5 Å². The SMILES string of the molecule is c1ccc(-c2cccc(C3NC(c4ccccc4)NC(c4ccc(-n5c6ccccc6c6cc(-c7cccc8c7sc7ccccc78)ccc65)cc4)N3)c2)cc1. The van der Waals surface area contributed by atoms with E-state index in [0.29, 0.717) is 0 Å². The fraction of sp³-hybridized carbons (Fsp3) is 0.0588. The van der Waals surface area contributed by atoms with Gasteiger partial charge >= 0.3 is 0 Å². The van der Waals surface area contributed by atoms with Crippen LogP contribution >= 0.6 is 11.3 Å². The fourth-order valence-electron chi connectivity index (χ4n) is 8.60. The second-order valence-electron chi connectivity index (χ2n) is 14.7. The van der Waals surface area contributed by atoms with Crippen LogP contribution in [0.25, 0.3) is 69.9 Å². The highest BCUT2D eigenvalue weighted by molar-refractivity contribution is 7.26. The van der Waals surface area contributed by atoms with Gasteiger partial charge in [0, 0.05) is 36.6 Å². The van der Waals surface area contributed by atoms with Gasteiger partial charge in [-0.1, -0.05) is 152 Å². The van der Waals surface area contributed by atoms with Gasteiger partial charge in [-0.05, 0) is 81.4 Å². The molecule has 0 radical (unpaired) electrons. The van der Waals surface area contributed by atoms with Crippen LogP contribution in [0.15, 0.2) is 194 Å². The Bertz CT molecular complexity index is 3020. The summed E-state index contributed by atoms with van der Waals surface area (Å²) in [5, 5.41) is 16.8. The van der Waals surface area contributed by atoms with Gasteiger partial charge < -0.3 is 4.57 Å². The van der Waals surface area contributed by atoms with E-state index in [9.17, 15) is 0 Å². The second-order valence-corrected chi connectivity index (χ2v) is 15.7. The molecule has 0 amide bonds. The zero-order chi connectivity index (χ0) is 37.0. The zero-order valence-corrected chi connectivity index (χ0v) is 31.4. The lowest BCUT2D eigenvalue weighted by atomic mass is 10.00. The largest absolute Gasteiger partial charge is 0.309 e. The minimum atomic E-state index is -0.0850.